The summed E-state index contributed by atoms with van der Waals surface area (Å²) >= 11 is 0. The summed E-state index contributed by atoms with van der Waals surface area (Å²) in [7, 11) is 1.31. The molecule has 1 aromatic carbocycles. The number of carbonyl (C=O) groups is 1. The minimum absolute atomic E-state index is 0.150. The lowest BCUT2D eigenvalue weighted by Gasteiger charge is -2.10. The molecule has 0 saturated heterocycles. The molecule has 3 nitrogen and oxygen atoms in total. The van der Waals surface area contributed by atoms with Crippen LogP contribution in [0.3, 0.4) is 0 Å². The third-order valence-electron chi connectivity index (χ3n) is 1.79. The Morgan fingerprint density at radius 3 is 2.47 bits per heavy atom. The molecule has 1 rings (SSSR count). The Morgan fingerprint density at radius 1 is 1.40 bits per heavy atom. The summed E-state index contributed by atoms with van der Waals surface area (Å²) in [5, 5.41) is 11.2. The highest BCUT2D eigenvalue weighted by atomic mass is 19.4. The highest BCUT2D eigenvalue weighted by Crippen LogP contribution is 2.35. The first-order valence-electron chi connectivity index (χ1n) is 3.98. The summed E-state index contributed by atoms with van der Waals surface area (Å²) in [6.45, 7) is 0. The summed E-state index contributed by atoms with van der Waals surface area (Å²) < 4.78 is 36.9. The number of benzene rings is 1. The fraction of sp³-hybridized carbons (Fsp3) is 0.222. The predicted octanol–water partition coefficient (Wildman–Crippen LogP) is 1.77. The van der Waals surface area contributed by atoms with Gasteiger partial charge in [-0.05, 0) is 18.2 Å². The van der Waals surface area contributed by atoms with Crippen LogP contribution >= 0.6 is 0 Å². The van der Waals surface area contributed by atoms with Gasteiger partial charge in [0, 0.05) is 12.6 Å². The van der Waals surface area contributed by atoms with Crippen molar-refractivity contribution in [2.24, 2.45) is 0 Å². The van der Waals surface area contributed by atoms with Gasteiger partial charge in [0.2, 0.25) is 0 Å². The molecule has 0 aliphatic heterocycles. The number of nitrogens with one attached hydrogen (secondary N) is 1. The van der Waals surface area contributed by atoms with E-state index in [4.69, 9.17) is 5.11 Å². The zero-order valence-electron chi connectivity index (χ0n) is 7.72. The Bertz CT molecular complexity index is 387. The molecule has 0 atom stereocenters. The number of hydrogen-bond donors (Lipinski definition) is 2. The maximum Gasteiger partial charge on any atom is 0.419 e. The lowest BCUT2D eigenvalue weighted by Crippen LogP contribution is -2.18. The molecule has 1 amide bonds. The lowest BCUT2D eigenvalue weighted by molar-refractivity contribution is -0.138. The normalized spacial score (nSPS) is 11.2. The summed E-state index contributed by atoms with van der Waals surface area (Å²) in [6.07, 6.45) is -4.67. The zero-order chi connectivity index (χ0) is 11.6. The molecule has 82 valence electrons. The minimum Gasteiger partial charge on any atom is -0.507 e. The second-order valence-electron chi connectivity index (χ2n) is 2.81. The Kier molecular flexibility index (Phi) is 2.88. The molecule has 0 saturated carbocycles. The number of phenols is 1. The van der Waals surface area contributed by atoms with Crippen LogP contribution in [0, 0.1) is 0 Å². The largest absolute Gasteiger partial charge is 0.507 e. The van der Waals surface area contributed by atoms with E-state index in [1.807, 2.05) is 0 Å². The van der Waals surface area contributed by atoms with Crippen molar-refractivity contribution in [2.45, 2.75) is 6.18 Å². The van der Waals surface area contributed by atoms with Crippen molar-refractivity contribution >= 4 is 5.91 Å². The quantitative estimate of drug-likeness (QED) is 0.756. The summed E-state index contributed by atoms with van der Waals surface area (Å²) in [6, 6.07) is 2.56. The van der Waals surface area contributed by atoms with Gasteiger partial charge < -0.3 is 10.4 Å². The fourth-order valence-electron chi connectivity index (χ4n) is 1.05. The molecule has 0 radical (unpaired) electrons. The van der Waals surface area contributed by atoms with Gasteiger partial charge in [0.15, 0.2) is 0 Å². The van der Waals surface area contributed by atoms with Crippen molar-refractivity contribution in [3.05, 3.63) is 29.3 Å². The highest BCUT2D eigenvalue weighted by molar-refractivity contribution is 5.94. The molecule has 0 aliphatic rings. The zero-order valence-corrected chi connectivity index (χ0v) is 7.72. The molecule has 0 aliphatic carbocycles. The molecule has 1 aromatic rings. The number of halogens is 3. The van der Waals surface area contributed by atoms with Crippen LogP contribution in [0.15, 0.2) is 18.2 Å². The monoisotopic (exact) mass is 219 g/mol. The van der Waals surface area contributed by atoms with Gasteiger partial charge in [-0.3, -0.25) is 4.79 Å². The summed E-state index contributed by atoms with van der Waals surface area (Å²) in [5.41, 5.74) is -1.37. The molecule has 0 bridgehead atoms. The third-order valence-corrected chi connectivity index (χ3v) is 1.79. The van der Waals surface area contributed by atoms with E-state index >= 15 is 0 Å². The topological polar surface area (TPSA) is 49.3 Å². The Morgan fingerprint density at radius 2 is 2.00 bits per heavy atom. The van der Waals surface area contributed by atoms with E-state index in [1.54, 1.807) is 0 Å². The van der Waals surface area contributed by atoms with Crippen molar-refractivity contribution < 1.29 is 23.1 Å². The third kappa shape index (κ3) is 2.39. The predicted molar refractivity (Wildman–Crippen MR) is 46.5 cm³/mol. The minimum atomic E-state index is -4.67. The van der Waals surface area contributed by atoms with Crippen molar-refractivity contribution in [1.29, 1.82) is 0 Å². The Hall–Kier alpha value is -1.72. The van der Waals surface area contributed by atoms with Crippen LogP contribution in [-0.2, 0) is 6.18 Å². The number of rotatable bonds is 1. The van der Waals surface area contributed by atoms with Crippen molar-refractivity contribution in [1.82, 2.24) is 5.32 Å². The van der Waals surface area contributed by atoms with Crippen LogP contribution in [0.25, 0.3) is 0 Å². The van der Waals surface area contributed by atoms with Gasteiger partial charge in [-0.15, -0.1) is 0 Å². The van der Waals surface area contributed by atoms with E-state index in [0.29, 0.717) is 6.07 Å². The summed E-state index contributed by atoms with van der Waals surface area (Å²) in [5.74, 6) is -1.53. The van der Waals surface area contributed by atoms with Gasteiger partial charge in [-0.1, -0.05) is 0 Å². The molecule has 2 N–H and O–H groups in total. The van der Waals surface area contributed by atoms with Gasteiger partial charge in [0.05, 0.1) is 5.56 Å². The van der Waals surface area contributed by atoms with Crippen LogP contribution < -0.4 is 5.32 Å². The van der Waals surface area contributed by atoms with Crippen LogP contribution in [0.4, 0.5) is 13.2 Å². The van der Waals surface area contributed by atoms with Crippen molar-refractivity contribution in [3.63, 3.8) is 0 Å². The van der Waals surface area contributed by atoms with Crippen LogP contribution in [-0.4, -0.2) is 18.1 Å². The fourth-order valence-corrected chi connectivity index (χ4v) is 1.05. The molecular weight excluding hydrogens is 211 g/mol. The maximum absolute atomic E-state index is 12.3. The molecule has 0 aromatic heterocycles. The van der Waals surface area contributed by atoms with Gasteiger partial charge in [-0.25, -0.2) is 0 Å². The Labute approximate surface area is 83.5 Å². The van der Waals surface area contributed by atoms with E-state index in [1.165, 1.54) is 7.05 Å². The molecule has 0 spiro atoms. The molecular formula is C9H8F3NO2. The summed E-state index contributed by atoms with van der Waals surface area (Å²) in [4.78, 5) is 11.0. The molecule has 6 heteroatoms. The van der Waals surface area contributed by atoms with Crippen molar-refractivity contribution in [2.75, 3.05) is 7.05 Å². The molecule has 0 fully saturated rings. The van der Waals surface area contributed by atoms with Gasteiger partial charge in [0.25, 0.3) is 5.91 Å². The number of amides is 1. The van der Waals surface area contributed by atoms with Crippen LogP contribution in [0.5, 0.6) is 5.75 Å². The Balaban J connectivity index is 3.23. The van der Waals surface area contributed by atoms with E-state index in [9.17, 15) is 18.0 Å². The number of hydrogen-bond acceptors (Lipinski definition) is 2. The number of phenolic OH excluding ortho intramolecular Hbond substituents is 1. The highest BCUT2D eigenvalue weighted by Gasteiger charge is 2.34. The second kappa shape index (κ2) is 3.80. The first kappa shape index (κ1) is 11.4. The van der Waals surface area contributed by atoms with Gasteiger partial charge >= 0.3 is 6.18 Å². The standard InChI is InChI=1S/C9H8F3NO2/c1-13-8(15)5-2-3-7(14)6(4-5)9(10,11)12/h2-4,14H,1H3,(H,13,15). The van der Waals surface area contributed by atoms with Crippen LogP contribution in [0.2, 0.25) is 0 Å². The van der Waals surface area contributed by atoms with Crippen molar-refractivity contribution in [3.8, 4) is 5.75 Å². The average molecular weight is 219 g/mol. The van der Waals surface area contributed by atoms with E-state index < -0.39 is 23.4 Å². The lowest BCUT2D eigenvalue weighted by atomic mass is 10.1. The smallest absolute Gasteiger partial charge is 0.419 e. The first-order valence-corrected chi connectivity index (χ1v) is 3.98. The second-order valence-corrected chi connectivity index (χ2v) is 2.81. The number of aromatic hydroxyl groups is 1. The SMILES string of the molecule is CNC(=O)c1ccc(O)c(C(F)(F)F)c1. The van der Waals surface area contributed by atoms with Crippen LogP contribution in [0.1, 0.15) is 15.9 Å². The van der Waals surface area contributed by atoms with Gasteiger partial charge in [-0.2, -0.15) is 13.2 Å². The average Bonchev–Trinajstić information content (AvgIpc) is 2.15. The molecule has 0 heterocycles. The van der Waals surface area contributed by atoms with E-state index in [-0.39, 0.29) is 5.56 Å². The van der Waals surface area contributed by atoms with E-state index in [2.05, 4.69) is 5.32 Å². The first-order chi connectivity index (χ1) is 6.86. The van der Waals surface area contributed by atoms with Gasteiger partial charge in [0.1, 0.15) is 5.75 Å². The maximum atomic E-state index is 12.3. The molecule has 0 unspecified atom stereocenters. The number of carbonyl (C=O) groups excluding carboxylic acids is 1. The van der Waals surface area contributed by atoms with E-state index in [0.717, 1.165) is 12.1 Å². The number of alkyl halides is 3. The molecule has 15 heavy (non-hydrogen) atoms.